The lowest BCUT2D eigenvalue weighted by Crippen LogP contribution is -2.53. The van der Waals surface area contributed by atoms with Crippen molar-refractivity contribution in [2.45, 2.75) is 6.92 Å². The molecule has 25 heavy (non-hydrogen) atoms. The highest BCUT2D eigenvalue weighted by molar-refractivity contribution is 7.91. The summed E-state index contributed by atoms with van der Waals surface area (Å²) in [5, 5.41) is 3.16. The molecule has 1 N–H and O–H groups in total. The van der Waals surface area contributed by atoms with Gasteiger partial charge in [-0.1, -0.05) is 19.1 Å². The van der Waals surface area contributed by atoms with E-state index in [1.807, 2.05) is 18.2 Å². The molecule has 140 valence electrons. The molecule has 0 atom stereocenters. The third-order valence-corrected chi connectivity index (χ3v) is 6.06. The van der Waals surface area contributed by atoms with Crippen molar-refractivity contribution in [3.8, 4) is 5.75 Å². The molecule has 1 heterocycles. The molecular formula is C17H28N4O3S. The van der Waals surface area contributed by atoms with Crippen LogP contribution < -0.4 is 15.0 Å². The molecule has 2 rings (SSSR count). The molecule has 1 fully saturated rings. The third-order valence-electron chi connectivity index (χ3n) is 4.35. The molecule has 1 aliphatic rings. The van der Waals surface area contributed by atoms with Crippen LogP contribution in [0.4, 0.5) is 5.69 Å². The average molecular weight is 369 g/mol. The highest BCUT2D eigenvalue weighted by Crippen LogP contribution is 2.28. The zero-order valence-corrected chi connectivity index (χ0v) is 16.1. The van der Waals surface area contributed by atoms with Crippen molar-refractivity contribution in [2.75, 3.05) is 63.3 Å². The van der Waals surface area contributed by atoms with Gasteiger partial charge in [0, 0.05) is 45.5 Å². The predicted molar refractivity (Wildman–Crippen MR) is 102 cm³/mol. The lowest BCUT2D eigenvalue weighted by atomic mass is 10.2. The van der Waals surface area contributed by atoms with E-state index in [1.165, 1.54) is 0 Å². The molecule has 0 spiro atoms. The summed E-state index contributed by atoms with van der Waals surface area (Å²) in [4.78, 5) is 8.74. The lowest BCUT2D eigenvalue weighted by Gasteiger charge is -2.38. The molecule has 0 amide bonds. The van der Waals surface area contributed by atoms with Crippen LogP contribution in [-0.2, 0) is 9.84 Å². The highest BCUT2D eigenvalue weighted by Gasteiger charge is 2.21. The second kappa shape index (κ2) is 8.94. The van der Waals surface area contributed by atoms with Crippen LogP contribution in [0.3, 0.4) is 0 Å². The van der Waals surface area contributed by atoms with Gasteiger partial charge >= 0.3 is 0 Å². The first-order valence-electron chi connectivity index (χ1n) is 8.54. The van der Waals surface area contributed by atoms with Gasteiger partial charge < -0.3 is 19.9 Å². The molecule has 0 aliphatic carbocycles. The largest absolute Gasteiger partial charge is 0.495 e. The number of ether oxygens (including phenoxy) is 1. The minimum Gasteiger partial charge on any atom is -0.495 e. The molecule has 0 unspecified atom stereocenters. The van der Waals surface area contributed by atoms with Crippen molar-refractivity contribution in [3.63, 3.8) is 0 Å². The minimum atomic E-state index is -2.96. The van der Waals surface area contributed by atoms with E-state index in [0.29, 0.717) is 6.54 Å². The summed E-state index contributed by atoms with van der Waals surface area (Å²) < 4.78 is 28.6. The number of guanidine groups is 1. The number of hydrogen-bond donors (Lipinski definition) is 1. The van der Waals surface area contributed by atoms with E-state index in [0.717, 1.165) is 43.6 Å². The number of hydrogen-bond acceptors (Lipinski definition) is 5. The van der Waals surface area contributed by atoms with E-state index < -0.39 is 9.84 Å². The maximum atomic E-state index is 11.6. The van der Waals surface area contributed by atoms with Crippen molar-refractivity contribution in [1.82, 2.24) is 10.2 Å². The van der Waals surface area contributed by atoms with E-state index in [9.17, 15) is 8.42 Å². The first-order valence-corrected chi connectivity index (χ1v) is 10.4. The van der Waals surface area contributed by atoms with Crippen LogP contribution in [0, 0.1) is 0 Å². The number of rotatable bonds is 6. The number of sulfone groups is 1. The van der Waals surface area contributed by atoms with Crippen molar-refractivity contribution >= 4 is 21.5 Å². The van der Waals surface area contributed by atoms with Crippen LogP contribution >= 0.6 is 0 Å². The van der Waals surface area contributed by atoms with Gasteiger partial charge in [0.05, 0.1) is 18.6 Å². The van der Waals surface area contributed by atoms with Gasteiger partial charge in [-0.2, -0.15) is 0 Å². The number of nitrogens with one attached hydrogen (secondary N) is 1. The first kappa shape index (κ1) is 19.4. The van der Waals surface area contributed by atoms with E-state index in [1.54, 1.807) is 21.1 Å². The van der Waals surface area contributed by atoms with Crippen molar-refractivity contribution in [2.24, 2.45) is 4.99 Å². The molecule has 0 saturated carbocycles. The van der Waals surface area contributed by atoms with Gasteiger partial charge in [-0.05, 0) is 12.1 Å². The van der Waals surface area contributed by atoms with Crippen molar-refractivity contribution in [3.05, 3.63) is 24.3 Å². The zero-order chi connectivity index (χ0) is 18.3. The fourth-order valence-electron chi connectivity index (χ4n) is 2.85. The number of aliphatic imine (C=N–C) groups is 1. The van der Waals surface area contributed by atoms with Crippen LogP contribution in [0.2, 0.25) is 0 Å². The molecule has 1 aromatic rings. The van der Waals surface area contributed by atoms with E-state index in [4.69, 9.17) is 4.74 Å². The number of benzene rings is 1. The second-order valence-electron chi connectivity index (χ2n) is 5.86. The summed E-state index contributed by atoms with van der Waals surface area (Å²) in [7, 11) is 0.446. The molecule has 1 aromatic carbocycles. The van der Waals surface area contributed by atoms with Crippen molar-refractivity contribution in [1.29, 1.82) is 0 Å². The fourth-order valence-corrected chi connectivity index (χ4v) is 3.55. The summed E-state index contributed by atoms with van der Waals surface area (Å²) in [6.07, 6.45) is 0. The molecule has 0 radical (unpaired) electrons. The Hall–Kier alpha value is -1.96. The number of nitrogens with zero attached hydrogens (tertiary/aromatic N) is 3. The highest BCUT2D eigenvalue weighted by atomic mass is 32.2. The van der Waals surface area contributed by atoms with Crippen LogP contribution in [0.1, 0.15) is 6.92 Å². The molecule has 8 heteroatoms. The molecular weight excluding hydrogens is 340 g/mol. The fraction of sp³-hybridized carbons (Fsp3) is 0.588. The summed E-state index contributed by atoms with van der Waals surface area (Å²) in [6.45, 7) is 5.40. The molecule has 1 aliphatic heterocycles. The summed E-state index contributed by atoms with van der Waals surface area (Å²) in [6, 6.07) is 8.02. The molecule has 1 saturated heterocycles. The number of methoxy groups -OCH3 is 1. The third kappa shape index (κ3) is 5.26. The smallest absolute Gasteiger partial charge is 0.193 e. The van der Waals surface area contributed by atoms with E-state index in [2.05, 4.69) is 26.2 Å². The zero-order valence-electron chi connectivity index (χ0n) is 15.2. The van der Waals surface area contributed by atoms with Gasteiger partial charge in [-0.3, -0.25) is 4.99 Å². The number of anilines is 1. The van der Waals surface area contributed by atoms with Crippen molar-refractivity contribution < 1.29 is 13.2 Å². The Morgan fingerprint density at radius 2 is 1.92 bits per heavy atom. The predicted octanol–water partition coefficient (Wildman–Crippen LogP) is 0.827. The molecule has 0 aromatic heterocycles. The maximum absolute atomic E-state index is 11.6. The van der Waals surface area contributed by atoms with Crippen LogP contribution in [0.5, 0.6) is 5.75 Å². The Balaban J connectivity index is 1.89. The van der Waals surface area contributed by atoms with E-state index >= 15 is 0 Å². The monoisotopic (exact) mass is 368 g/mol. The molecule has 7 nitrogen and oxygen atoms in total. The van der Waals surface area contributed by atoms with Gasteiger partial charge in [0.2, 0.25) is 0 Å². The summed E-state index contributed by atoms with van der Waals surface area (Å²) >= 11 is 0. The Morgan fingerprint density at radius 1 is 1.24 bits per heavy atom. The van der Waals surface area contributed by atoms with Gasteiger partial charge in [-0.25, -0.2) is 8.42 Å². The summed E-state index contributed by atoms with van der Waals surface area (Å²) in [5.74, 6) is 1.93. The lowest BCUT2D eigenvalue weighted by molar-refractivity contribution is 0.368. The SMILES string of the molecule is CCS(=O)(=O)CCNC(=NC)N1CCN(c2ccccc2OC)CC1. The Morgan fingerprint density at radius 3 is 2.52 bits per heavy atom. The minimum absolute atomic E-state index is 0.129. The summed E-state index contributed by atoms with van der Waals surface area (Å²) in [5.41, 5.74) is 1.10. The first-order chi connectivity index (χ1) is 12.0. The van der Waals surface area contributed by atoms with Crippen LogP contribution in [-0.4, -0.2) is 77.7 Å². The average Bonchev–Trinajstić information content (AvgIpc) is 2.65. The topological polar surface area (TPSA) is 74.2 Å². The second-order valence-corrected chi connectivity index (χ2v) is 8.33. The quantitative estimate of drug-likeness (QED) is 0.592. The standard InChI is InChI=1S/C17H28N4O3S/c1-4-25(22,23)14-9-19-17(18-2)21-12-10-20(11-13-21)15-7-5-6-8-16(15)24-3/h5-8H,4,9-14H2,1-3H3,(H,18,19). The van der Waals surface area contributed by atoms with Gasteiger partial charge in [0.15, 0.2) is 15.8 Å². The maximum Gasteiger partial charge on any atom is 0.193 e. The number of piperazine rings is 1. The Bertz CT molecular complexity index is 683. The normalized spacial score (nSPS) is 16.0. The Labute approximate surface area is 150 Å². The van der Waals surface area contributed by atoms with E-state index in [-0.39, 0.29) is 11.5 Å². The van der Waals surface area contributed by atoms with Crippen LogP contribution in [0.25, 0.3) is 0 Å². The molecule has 0 bridgehead atoms. The van der Waals surface area contributed by atoms with Gasteiger partial charge in [0.1, 0.15) is 5.75 Å². The van der Waals surface area contributed by atoms with Gasteiger partial charge in [-0.15, -0.1) is 0 Å². The number of para-hydroxylation sites is 2. The Kier molecular flexibility index (Phi) is 6.92. The van der Waals surface area contributed by atoms with Gasteiger partial charge in [0.25, 0.3) is 0 Å². The van der Waals surface area contributed by atoms with Crippen LogP contribution in [0.15, 0.2) is 29.3 Å².